The SMILES string of the molecule is NCC1(O)CCOCC12CCCC2. The van der Waals surface area contributed by atoms with E-state index in [1.165, 1.54) is 12.8 Å². The van der Waals surface area contributed by atoms with Crippen LogP contribution in [-0.4, -0.2) is 30.5 Å². The highest BCUT2D eigenvalue weighted by Gasteiger charge is 2.52. The molecule has 2 aliphatic rings. The fourth-order valence-electron chi connectivity index (χ4n) is 2.89. The predicted molar refractivity (Wildman–Crippen MR) is 50.3 cm³/mol. The van der Waals surface area contributed by atoms with Crippen LogP contribution >= 0.6 is 0 Å². The molecule has 0 aromatic rings. The van der Waals surface area contributed by atoms with Crippen LogP contribution in [0.4, 0.5) is 0 Å². The summed E-state index contributed by atoms with van der Waals surface area (Å²) in [4.78, 5) is 0. The van der Waals surface area contributed by atoms with E-state index in [1.807, 2.05) is 0 Å². The molecule has 1 unspecified atom stereocenters. The molecule has 1 atom stereocenters. The molecule has 3 N–H and O–H groups in total. The van der Waals surface area contributed by atoms with Crippen molar-refractivity contribution in [1.82, 2.24) is 0 Å². The van der Waals surface area contributed by atoms with Crippen LogP contribution in [0.3, 0.4) is 0 Å². The Morgan fingerprint density at radius 2 is 1.92 bits per heavy atom. The maximum atomic E-state index is 10.4. The summed E-state index contributed by atoms with van der Waals surface area (Å²) < 4.78 is 5.49. The summed E-state index contributed by atoms with van der Waals surface area (Å²) in [5.74, 6) is 0. The first-order valence-electron chi connectivity index (χ1n) is 5.23. The normalized spacial score (nSPS) is 38.3. The summed E-state index contributed by atoms with van der Waals surface area (Å²) in [5, 5.41) is 10.4. The van der Waals surface area contributed by atoms with Gasteiger partial charge in [-0.25, -0.2) is 0 Å². The maximum Gasteiger partial charge on any atom is 0.0869 e. The van der Waals surface area contributed by atoms with Gasteiger partial charge in [-0.15, -0.1) is 0 Å². The molecule has 3 nitrogen and oxygen atoms in total. The third kappa shape index (κ3) is 1.30. The molecule has 13 heavy (non-hydrogen) atoms. The first-order chi connectivity index (χ1) is 6.22. The largest absolute Gasteiger partial charge is 0.388 e. The monoisotopic (exact) mass is 185 g/mol. The van der Waals surface area contributed by atoms with Crippen LogP contribution in [0.1, 0.15) is 32.1 Å². The first-order valence-corrected chi connectivity index (χ1v) is 5.23. The molecule has 1 aliphatic heterocycles. The van der Waals surface area contributed by atoms with Crippen LogP contribution in [0.15, 0.2) is 0 Å². The van der Waals surface area contributed by atoms with Gasteiger partial charge in [0.2, 0.25) is 0 Å². The van der Waals surface area contributed by atoms with Crippen molar-refractivity contribution in [3.63, 3.8) is 0 Å². The van der Waals surface area contributed by atoms with Crippen molar-refractivity contribution in [3.05, 3.63) is 0 Å². The minimum Gasteiger partial charge on any atom is -0.388 e. The second-order valence-corrected chi connectivity index (χ2v) is 4.53. The van der Waals surface area contributed by atoms with E-state index in [2.05, 4.69) is 0 Å². The van der Waals surface area contributed by atoms with Crippen LogP contribution in [0, 0.1) is 5.41 Å². The molecule has 1 saturated carbocycles. The standard InChI is InChI=1S/C10H19NO2/c11-7-10(12)5-6-13-8-9(10)3-1-2-4-9/h12H,1-8,11H2. The minimum atomic E-state index is -0.651. The lowest BCUT2D eigenvalue weighted by Gasteiger charge is -2.47. The van der Waals surface area contributed by atoms with Gasteiger partial charge in [-0.2, -0.15) is 0 Å². The fourth-order valence-corrected chi connectivity index (χ4v) is 2.89. The number of ether oxygens (including phenoxy) is 1. The Morgan fingerprint density at radius 3 is 2.54 bits per heavy atom. The third-order valence-corrected chi connectivity index (χ3v) is 3.92. The van der Waals surface area contributed by atoms with E-state index < -0.39 is 5.60 Å². The Hall–Kier alpha value is -0.120. The first kappa shape index (κ1) is 9.44. The molecule has 0 aromatic carbocycles. The maximum absolute atomic E-state index is 10.4. The van der Waals surface area contributed by atoms with E-state index in [1.54, 1.807) is 0 Å². The Morgan fingerprint density at radius 1 is 1.23 bits per heavy atom. The van der Waals surface area contributed by atoms with Crippen molar-refractivity contribution in [2.24, 2.45) is 11.1 Å². The summed E-state index contributed by atoms with van der Waals surface area (Å²) in [6.07, 6.45) is 5.31. The molecule has 0 amide bonds. The Balaban J connectivity index is 2.21. The van der Waals surface area contributed by atoms with Crippen molar-refractivity contribution >= 4 is 0 Å². The van der Waals surface area contributed by atoms with Crippen molar-refractivity contribution in [2.75, 3.05) is 19.8 Å². The molecule has 0 aromatic heterocycles. The molecule has 1 spiro atoms. The molecule has 0 bridgehead atoms. The molecule has 1 aliphatic carbocycles. The van der Waals surface area contributed by atoms with E-state index in [-0.39, 0.29) is 5.41 Å². The third-order valence-electron chi connectivity index (χ3n) is 3.92. The molecular formula is C10H19NO2. The highest BCUT2D eigenvalue weighted by atomic mass is 16.5. The van der Waals surface area contributed by atoms with Crippen LogP contribution in [0.25, 0.3) is 0 Å². The highest BCUT2D eigenvalue weighted by molar-refractivity contribution is 5.03. The second kappa shape index (κ2) is 3.23. The van der Waals surface area contributed by atoms with E-state index in [0.29, 0.717) is 26.2 Å². The Kier molecular flexibility index (Phi) is 2.34. The average Bonchev–Trinajstić information content (AvgIpc) is 2.61. The molecule has 2 rings (SSSR count). The van der Waals surface area contributed by atoms with Gasteiger partial charge in [-0.1, -0.05) is 12.8 Å². The zero-order chi connectivity index (χ0) is 9.36. The summed E-state index contributed by atoms with van der Waals surface area (Å²) in [6, 6.07) is 0. The van der Waals surface area contributed by atoms with Gasteiger partial charge in [-0.05, 0) is 12.8 Å². The van der Waals surface area contributed by atoms with Crippen molar-refractivity contribution in [1.29, 1.82) is 0 Å². The second-order valence-electron chi connectivity index (χ2n) is 4.53. The number of aliphatic hydroxyl groups is 1. The molecule has 2 fully saturated rings. The van der Waals surface area contributed by atoms with Gasteiger partial charge >= 0.3 is 0 Å². The highest BCUT2D eigenvalue weighted by Crippen LogP contribution is 2.49. The number of hydrogen-bond acceptors (Lipinski definition) is 3. The lowest BCUT2D eigenvalue weighted by molar-refractivity contribution is -0.163. The lowest BCUT2D eigenvalue weighted by atomic mass is 9.68. The van der Waals surface area contributed by atoms with E-state index in [9.17, 15) is 5.11 Å². The number of rotatable bonds is 1. The van der Waals surface area contributed by atoms with Gasteiger partial charge in [0.1, 0.15) is 0 Å². The summed E-state index contributed by atoms with van der Waals surface area (Å²) in [5.41, 5.74) is 5.02. The van der Waals surface area contributed by atoms with Crippen LogP contribution in [0.5, 0.6) is 0 Å². The van der Waals surface area contributed by atoms with Gasteiger partial charge in [-0.3, -0.25) is 0 Å². The smallest absolute Gasteiger partial charge is 0.0869 e. The van der Waals surface area contributed by atoms with E-state index >= 15 is 0 Å². The molecule has 76 valence electrons. The van der Waals surface area contributed by atoms with Crippen molar-refractivity contribution < 1.29 is 9.84 Å². The predicted octanol–water partition coefficient (Wildman–Crippen LogP) is 0.657. The van der Waals surface area contributed by atoms with Crippen molar-refractivity contribution in [2.45, 2.75) is 37.7 Å². The van der Waals surface area contributed by atoms with Gasteiger partial charge in [0, 0.05) is 25.0 Å². The van der Waals surface area contributed by atoms with Gasteiger partial charge in [0.05, 0.1) is 12.2 Å². The molecule has 1 heterocycles. The van der Waals surface area contributed by atoms with Crippen molar-refractivity contribution in [3.8, 4) is 0 Å². The Bertz CT molecular complexity index is 189. The summed E-state index contributed by atoms with van der Waals surface area (Å²) in [7, 11) is 0. The fraction of sp³-hybridized carbons (Fsp3) is 1.00. The quantitative estimate of drug-likeness (QED) is 0.631. The van der Waals surface area contributed by atoms with Gasteiger partial charge in [0.25, 0.3) is 0 Å². The minimum absolute atomic E-state index is 0.0139. The van der Waals surface area contributed by atoms with Crippen LogP contribution in [0.2, 0.25) is 0 Å². The topological polar surface area (TPSA) is 55.5 Å². The summed E-state index contributed by atoms with van der Waals surface area (Å²) >= 11 is 0. The molecule has 0 radical (unpaired) electrons. The average molecular weight is 185 g/mol. The van der Waals surface area contributed by atoms with Crippen LogP contribution in [-0.2, 0) is 4.74 Å². The number of nitrogens with two attached hydrogens (primary N) is 1. The molecular weight excluding hydrogens is 166 g/mol. The Labute approximate surface area is 79.3 Å². The van der Waals surface area contributed by atoms with Gasteiger partial charge < -0.3 is 15.6 Å². The number of hydrogen-bond donors (Lipinski definition) is 2. The zero-order valence-electron chi connectivity index (χ0n) is 8.09. The summed E-state index contributed by atoms with van der Waals surface area (Å²) in [6.45, 7) is 1.76. The van der Waals surface area contributed by atoms with Crippen LogP contribution < -0.4 is 5.73 Å². The molecule has 1 saturated heterocycles. The van der Waals surface area contributed by atoms with E-state index in [4.69, 9.17) is 10.5 Å². The molecule has 3 heteroatoms. The van der Waals surface area contributed by atoms with Gasteiger partial charge in [0.15, 0.2) is 0 Å². The van der Waals surface area contributed by atoms with E-state index in [0.717, 1.165) is 12.8 Å². The lowest BCUT2D eigenvalue weighted by Crippen LogP contribution is -2.57. The zero-order valence-corrected chi connectivity index (χ0v) is 8.09.